The molecule has 0 fully saturated rings. The topological polar surface area (TPSA) is 134 Å². The lowest BCUT2D eigenvalue weighted by atomic mass is 9.67. The highest BCUT2D eigenvalue weighted by atomic mass is 16.1. The van der Waals surface area contributed by atoms with Crippen LogP contribution in [0.3, 0.4) is 0 Å². The van der Waals surface area contributed by atoms with Crippen LogP contribution in [0.25, 0.3) is 11.1 Å². The number of hydrogen-bond donors (Lipinski definition) is 4. The van der Waals surface area contributed by atoms with Gasteiger partial charge in [-0.3, -0.25) is 0 Å². The molecule has 162 valence electrons. The number of nitrogen functional groups attached to an aromatic ring is 2. The Hall–Kier alpha value is -4.76. The zero-order valence-electron chi connectivity index (χ0n) is 17.7. The predicted octanol–water partition coefficient (Wildman–Crippen LogP) is 5.02. The van der Waals surface area contributed by atoms with Crippen LogP contribution in [-0.2, 0) is 15.0 Å². The van der Waals surface area contributed by atoms with Gasteiger partial charge in [0, 0.05) is 11.4 Å². The number of isocyanates is 2. The molecule has 6 heteroatoms. The molecule has 6 nitrogen and oxygen atoms in total. The zero-order chi connectivity index (χ0) is 23.8. The van der Waals surface area contributed by atoms with Gasteiger partial charge >= 0.3 is 0 Å². The van der Waals surface area contributed by atoms with E-state index in [4.69, 9.17) is 31.9 Å². The average Bonchev–Trinajstić information content (AvgIpc) is 3.13. The van der Waals surface area contributed by atoms with Gasteiger partial charge < -0.3 is 11.5 Å². The van der Waals surface area contributed by atoms with Gasteiger partial charge in [0.1, 0.15) is 0 Å². The summed E-state index contributed by atoms with van der Waals surface area (Å²) in [5, 5.41) is 10.8. The lowest BCUT2D eigenvalue weighted by Gasteiger charge is -2.34. The Balaban J connectivity index is 0.000000464. The van der Waals surface area contributed by atoms with Gasteiger partial charge in [0.25, 0.3) is 0 Å². The third-order valence-corrected chi connectivity index (χ3v) is 5.64. The standard InChI is InChI=1S/C25H20N2.2CHNO/c26-19-13-9-17(10-14-19)25(18-11-15-20(27)16-12-18)23-7-3-1-5-21(23)22-6-2-4-8-24(22)25;2*2-1-3/h1-16H,26-27H2;2*2H. The van der Waals surface area contributed by atoms with E-state index in [9.17, 15) is 0 Å². The Labute approximate surface area is 191 Å². The molecule has 4 aromatic rings. The van der Waals surface area contributed by atoms with Crippen molar-refractivity contribution in [2.75, 3.05) is 11.5 Å². The van der Waals surface area contributed by atoms with Crippen LogP contribution in [0.1, 0.15) is 22.3 Å². The Morgan fingerprint density at radius 3 is 1.18 bits per heavy atom. The van der Waals surface area contributed by atoms with Gasteiger partial charge in [0.05, 0.1) is 5.41 Å². The highest BCUT2D eigenvalue weighted by molar-refractivity contribution is 5.86. The fourth-order valence-electron chi connectivity index (χ4n) is 4.49. The van der Waals surface area contributed by atoms with Crippen LogP contribution in [0.5, 0.6) is 0 Å². The second kappa shape index (κ2) is 10.0. The van der Waals surface area contributed by atoms with Crippen LogP contribution in [0, 0.1) is 10.8 Å². The Morgan fingerprint density at radius 2 is 0.848 bits per heavy atom. The first-order valence-electron chi connectivity index (χ1n) is 10.0. The molecule has 0 amide bonds. The normalized spacial score (nSPS) is 11.8. The highest BCUT2D eigenvalue weighted by Gasteiger charge is 2.45. The molecule has 0 unspecified atom stereocenters. The molecule has 0 aromatic heterocycles. The predicted molar refractivity (Wildman–Crippen MR) is 129 cm³/mol. The minimum atomic E-state index is -0.380. The summed E-state index contributed by atoms with van der Waals surface area (Å²) in [5.74, 6) is 0. The van der Waals surface area contributed by atoms with E-state index in [1.165, 1.54) is 33.4 Å². The second-order valence-corrected chi connectivity index (χ2v) is 7.29. The van der Waals surface area contributed by atoms with E-state index in [-0.39, 0.29) is 5.41 Å². The molecule has 0 spiro atoms. The van der Waals surface area contributed by atoms with Crippen LogP contribution in [0.4, 0.5) is 11.4 Å². The number of carbonyl (C=O) groups excluding carboxylic acids is 2. The van der Waals surface area contributed by atoms with E-state index >= 15 is 0 Å². The average molecular weight is 434 g/mol. The van der Waals surface area contributed by atoms with Gasteiger partial charge in [-0.05, 0) is 57.6 Å². The van der Waals surface area contributed by atoms with E-state index in [0.29, 0.717) is 0 Å². The number of anilines is 2. The summed E-state index contributed by atoms with van der Waals surface area (Å²) in [7, 11) is 0. The maximum Gasteiger partial charge on any atom is 0.231 e. The molecule has 0 aliphatic heterocycles. The minimum Gasteiger partial charge on any atom is -0.399 e. The molecule has 0 saturated heterocycles. The summed E-state index contributed by atoms with van der Waals surface area (Å²) in [4.78, 5) is 16.7. The molecule has 0 radical (unpaired) electrons. The van der Waals surface area contributed by atoms with Crippen molar-refractivity contribution in [1.82, 2.24) is 0 Å². The molecular formula is C27H22N4O2. The van der Waals surface area contributed by atoms with Crippen LogP contribution in [-0.4, -0.2) is 12.2 Å². The first kappa shape index (κ1) is 22.9. The lowest BCUT2D eigenvalue weighted by Crippen LogP contribution is -2.28. The van der Waals surface area contributed by atoms with Crippen molar-refractivity contribution in [2.45, 2.75) is 5.41 Å². The van der Waals surface area contributed by atoms with Crippen molar-refractivity contribution in [2.24, 2.45) is 0 Å². The molecule has 0 saturated carbocycles. The van der Waals surface area contributed by atoms with Crippen molar-refractivity contribution in [3.05, 3.63) is 119 Å². The molecule has 0 heterocycles. The van der Waals surface area contributed by atoms with Crippen molar-refractivity contribution in [3.63, 3.8) is 0 Å². The minimum absolute atomic E-state index is 0.380. The zero-order valence-corrected chi connectivity index (χ0v) is 17.7. The quantitative estimate of drug-likeness (QED) is 0.176. The molecule has 1 aliphatic carbocycles. The summed E-state index contributed by atoms with van der Waals surface area (Å²) in [6, 6.07) is 33.9. The van der Waals surface area contributed by atoms with E-state index < -0.39 is 0 Å². The number of fused-ring (bicyclic) bond motifs is 3. The van der Waals surface area contributed by atoms with Crippen LogP contribution in [0.15, 0.2) is 97.1 Å². The third-order valence-electron chi connectivity index (χ3n) is 5.64. The smallest absolute Gasteiger partial charge is 0.231 e. The van der Waals surface area contributed by atoms with Crippen LogP contribution in [0.2, 0.25) is 0 Å². The molecule has 4 aromatic carbocycles. The van der Waals surface area contributed by atoms with Crippen molar-refractivity contribution in [3.8, 4) is 11.1 Å². The van der Waals surface area contributed by atoms with E-state index in [1.807, 2.05) is 24.3 Å². The summed E-state index contributed by atoms with van der Waals surface area (Å²) in [6.45, 7) is 0. The summed E-state index contributed by atoms with van der Waals surface area (Å²) >= 11 is 0. The van der Waals surface area contributed by atoms with Crippen molar-refractivity contribution < 1.29 is 9.59 Å². The van der Waals surface area contributed by atoms with E-state index in [0.717, 1.165) is 23.5 Å². The number of hydrogen-bond acceptors (Lipinski definition) is 6. The molecule has 1 aliphatic rings. The van der Waals surface area contributed by atoms with Gasteiger partial charge in [-0.25, -0.2) is 20.4 Å². The molecule has 5 rings (SSSR count). The highest BCUT2D eigenvalue weighted by Crippen LogP contribution is 2.55. The van der Waals surface area contributed by atoms with Gasteiger partial charge in [0.15, 0.2) is 0 Å². The van der Waals surface area contributed by atoms with Crippen LogP contribution >= 0.6 is 0 Å². The first-order valence-corrected chi connectivity index (χ1v) is 10.0. The van der Waals surface area contributed by atoms with Gasteiger partial charge in [0.2, 0.25) is 12.2 Å². The monoisotopic (exact) mass is 434 g/mol. The molecular weight excluding hydrogens is 412 g/mol. The van der Waals surface area contributed by atoms with Gasteiger partial charge in [-0.2, -0.15) is 0 Å². The Kier molecular flexibility index (Phi) is 6.97. The van der Waals surface area contributed by atoms with Crippen molar-refractivity contribution in [1.29, 1.82) is 10.8 Å². The fraction of sp³-hybridized carbons (Fsp3) is 0.0370. The maximum absolute atomic E-state index is 8.35. The number of nitrogens with one attached hydrogen (secondary N) is 2. The Morgan fingerprint density at radius 1 is 0.545 bits per heavy atom. The summed E-state index contributed by atoms with van der Waals surface area (Å²) in [5.41, 5.74) is 20.7. The second-order valence-electron chi connectivity index (χ2n) is 7.29. The molecule has 33 heavy (non-hydrogen) atoms. The van der Waals surface area contributed by atoms with Crippen LogP contribution < -0.4 is 11.5 Å². The number of benzene rings is 4. The van der Waals surface area contributed by atoms with Crippen molar-refractivity contribution >= 4 is 23.5 Å². The van der Waals surface area contributed by atoms with Gasteiger partial charge in [-0.1, -0.05) is 72.8 Å². The Bertz CT molecular complexity index is 1210. The first-order chi connectivity index (χ1) is 16.0. The third kappa shape index (κ3) is 4.08. The van der Waals surface area contributed by atoms with E-state index in [1.54, 1.807) is 0 Å². The van der Waals surface area contributed by atoms with Gasteiger partial charge in [-0.15, -0.1) is 0 Å². The SMILES string of the molecule is N=C=O.N=C=O.Nc1ccc(C2(c3ccc(N)cc3)c3ccccc3-c3ccccc32)cc1. The molecule has 0 bridgehead atoms. The number of rotatable bonds is 2. The molecule has 0 atom stereocenters. The number of nitrogens with two attached hydrogens (primary N) is 2. The fourth-order valence-corrected chi connectivity index (χ4v) is 4.49. The largest absolute Gasteiger partial charge is 0.399 e. The molecule has 6 N–H and O–H groups in total. The summed E-state index contributed by atoms with van der Waals surface area (Å²) < 4.78 is 0. The maximum atomic E-state index is 8.35. The van der Waals surface area contributed by atoms with E-state index in [2.05, 4.69) is 72.8 Å². The summed E-state index contributed by atoms with van der Waals surface area (Å²) in [6.07, 6.45) is 1.50. The lowest BCUT2D eigenvalue weighted by molar-refractivity contribution is 0.562.